The number of pyridine rings is 1. The Labute approximate surface area is 124 Å². The highest BCUT2D eigenvalue weighted by molar-refractivity contribution is 5.89. The number of unbranched alkanes of at least 4 members (excludes halogenated alkanes) is 1. The maximum absolute atomic E-state index is 12.6. The van der Waals surface area contributed by atoms with E-state index in [-0.39, 0.29) is 11.3 Å². The van der Waals surface area contributed by atoms with E-state index in [9.17, 15) is 4.79 Å². The third-order valence-corrected chi connectivity index (χ3v) is 3.53. The van der Waals surface area contributed by atoms with Gasteiger partial charge in [0, 0.05) is 18.0 Å². The second kappa shape index (κ2) is 6.52. The van der Waals surface area contributed by atoms with E-state index in [4.69, 9.17) is 14.2 Å². The molecule has 21 heavy (non-hydrogen) atoms. The number of aromatic nitrogens is 1. The molecule has 2 rings (SSSR count). The predicted molar refractivity (Wildman–Crippen MR) is 82.8 cm³/mol. The van der Waals surface area contributed by atoms with Crippen LogP contribution >= 0.6 is 0 Å². The van der Waals surface area contributed by atoms with E-state index in [1.165, 1.54) is 14.2 Å². The number of benzene rings is 1. The Morgan fingerprint density at radius 2 is 1.76 bits per heavy atom. The highest BCUT2D eigenvalue weighted by Gasteiger charge is 2.18. The fourth-order valence-electron chi connectivity index (χ4n) is 2.43. The van der Waals surface area contributed by atoms with E-state index < -0.39 is 0 Å². The van der Waals surface area contributed by atoms with Crippen LogP contribution in [0.15, 0.2) is 23.0 Å². The second-order valence-corrected chi connectivity index (χ2v) is 4.76. The van der Waals surface area contributed by atoms with Gasteiger partial charge in [-0.25, -0.2) is 0 Å². The summed E-state index contributed by atoms with van der Waals surface area (Å²) >= 11 is 0. The molecule has 0 fully saturated rings. The van der Waals surface area contributed by atoms with Crippen LogP contribution in [-0.2, 0) is 6.54 Å². The molecular formula is C16H21NO4. The van der Waals surface area contributed by atoms with Gasteiger partial charge in [0.25, 0.3) is 5.56 Å². The summed E-state index contributed by atoms with van der Waals surface area (Å²) in [6.07, 6.45) is 1.92. The summed E-state index contributed by atoms with van der Waals surface area (Å²) in [5.41, 5.74) is 0.619. The van der Waals surface area contributed by atoms with Crippen molar-refractivity contribution in [2.45, 2.75) is 26.3 Å². The van der Waals surface area contributed by atoms with Crippen molar-refractivity contribution < 1.29 is 14.2 Å². The number of nitrogens with zero attached hydrogens (tertiary/aromatic N) is 1. The minimum Gasteiger partial charge on any atom is -0.497 e. The standard InChI is InChI=1S/C16H21NO4/c1-5-6-9-17-13-10-11(19-2)7-8-12(13)14(20-3)15(21-4)16(17)18/h7-8,10H,5-6,9H2,1-4H3. The van der Waals surface area contributed by atoms with Crippen molar-refractivity contribution in [3.05, 3.63) is 28.6 Å². The number of rotatable bonds is 6. The van der Waals surface area contributed by atoms with Crippen molar-refractivity contribution in [3.8, 4) is 17.2 Å². The van der Waals surface area contributed by atoms with Crippen LogP contribution in [0.5, 0.6) is 17.2 Å². The number of fused-ring (bicyclic) bond motifs is 1. The predicted octanol–water partition coefficient (Wildman–Crippen LogP) is 2.83. The van der Waals surface area contributed by atoms with Gasteiger partial charge < -0.3 is 18.8 Å². The molecule has 0 amide bonds. The normalized spacial score (nSPS) is 10.7. The van der Waals surface area contributed by atoms with Crippen LogP contribution in [0, 0.1) is 0 Å². The lowest BCUT2D eigenvalue weighted by molar-refractivity contribution is 0.350. The molecule has 0 atom stereocenters. The Morgan fingerprint density at radius 1 is 1.05 bits per heavy atom. The van der Waals surface area contributed by atoms with E-state index in [2.05, 4.69) is 6.92 Å². The number of aryl methyl sites for hydroxylation is 1. The zero-order chi connectivity index (χ0) is 15.4. The van der Waals surface area contributed by atoms with Gasteiger partial charge in [0.2, 0.25) is 5.75 Å². The summed E-state index contributed by atoms with van der Waals surface area (Å²) in [6, 6.07) is 5.59. The van der Waals surface area contributed by atoms with Gasteiger partial charge in [-0.05, 0) is 18.6 Å². The number of hydrogen-bond acceptors (Lipinski definition) is 4. The molecule has 0 aliphatic carbocycles. The number of ether oxygens (including phenoxy) is 3. The Bertz CT molecular complexity index is 691. The van der Waals surface area contributed by atoms with Crippen molar-refractivity contribution in [2.24, 2.45) is 0 Å². The first kappa shape index (κ1) is 15.2. The molecule has 1 heterocycles. The summed E-state index contributed by atoms with van der Waals surface area (Å²) in [4.78, 5) is 12.6. The maximum atomic E-state index is 12.6. The molecule has 0 aliphatic heterocycles. The molecule has 2 aromatic rings. The lowest BCUT2D eigenvalue weighted by Crippen LogP contribution is -2.23. The largest absolute Gasteiger partial charge is 0.497 e. The van der Waals surface area contributed by atoms with Gasteiger partial charge >= 0.3 is 0 Å². The van der Waals surface area contributed by atoms with Gasteiger partial charge in [-0.2, -0.15) is 0 Å². The first-order valence-corrected chi connectivity index (χ1v) is 7.00. The highest BCUT2D eigenvalue weighted by Crippen LogP contribution is 2.34. The molecule has 0 saturated heterocycles. The first-order valence-electron chi connectivity index (χ1n) is 7.00. The van der Waals surface area contributed by atoms with E-state index in [1.807, 2.05) is 18.2 Å². The Kier molecular flexibility index (Phi) is 4.73. The SMILES string of the molecule is CCCCn1c(=O)c(OC)c(OC)c2ccc(OC)cc21. The molecule has 5 heteroatoms. The summed E-state index contributed by atoms with van der Waals surface area (Å²) in [5.74, 6) is 1.42. The highest BCUT2D eigenvalue weighted by atomic mass is 16.5. The van der Waals surface area contributed by atoms with Gasteiger partial charge in [0.15, 0.2) is 5.75 Å². The van der Waals surface area contributed by atoms with Gasteiger partial charge in [0.05, 0.1) is 26.8 Å². The molecule has 5 nitrogen and oxygen atoms in total. The van der Waals surface area contributed by atoms with Crippen LogP contribution in [0.25, 0.3) is 10.9 Å². The minimum absolute atomic E-state index is 0.177. The molecule has 1 aromatic heterocycles. The van der Waals surface area contributed by atoms with Gasteiger partial charge in [-0.1, -0.05) is 13.3 Å². The van der Waals surface area contributed by atoms with Crippen molar-refractivity contribution >= 4 is 10.9 Å². The Hall–Kier alpha value is -2.17. The van der Waals surface area contributed by atoms with E-state index in [0.717, 1.165) is 23.7 Å². The van der Waals surface area contributed by atoms with Crippen LogP contribution in [0.1, 0.15) is 19.8 Å². The Morgan fingerprint density at radius 3 is 2.33 bits per heavy atom. The molecule has 1 aromatic carbocycles. The molecule has 0 aliphatic rings. The topological polar surface area (TPSA) is 49.7 Å². The smallest absolute Gasteiger partial charge is 0.297 e. The molecule has 114 valence electrons. The summed E-state index contributed by atoms with van der Waals surface area (Å²) < 4.78 is 17.6. The van der Waals surface area contributed by atoms with Crippen LogP contribution in [-0.4, -0.2) is 25.9 Å². The summed E-state index contributed by atoms with van der Waals surface area (Å²) in [5, 5.41) is 0.839. The van der Waals surface area contributed by atoms with Crippen molar-refractivity contribution in [1.29, 1.82) is 0 Å². The third kappa shape index (κ3) is 2.68. The van der Waals surface area contributed by atoms with Crippen LogP contribution < -0.4 is 19.8 Å². The van der Waals surface area contributed by atoms with Gasteiger partial charge in [0.1, 0.15) is 5.75 Å². The van der Waals surface area contributed by atoms with Crippen molar-refractivity contribution in [2.75, 3.05) is 21.3 Å². The lowest BCUT2D eigenvalue weighted by Gasteiger charge is -2.16. The summed E-state index contributed by atoms with van der Waals surface area (Å²) in [6.45, 7) is 2.73. The van der Waals surface area contributed by atoms with Crippen LogP contribution in [0.4, 0.5) is 0 Å². The van der Waals surface area contributed by atoms with E-state index >= 15 is 0 Å². The first-order chi connectivity index (χ1) is 10.2. The molecule has 0 radical (unpaired) electrons. The molecule has 0 bridgehead atoms. The Balaban J connectivity index is 2.83. The van der Waals surface area contributed by atoms with Crippen molar-refractivity contribution in [1.82, 2.24) is 4.57 Å². The quantitative estimate of drug-likeness (QED) is 0.821. The van der Waals surface area contributed by atoms with E-state index in [0.29, 0.717) is 18.0 Å². The molecule has 0 saturated carbocycles. The molecule has 0 unspecified atom stereocenters. The zero-order valence-electron chi connectivity index (χ0n) is 12.9. The molecular weight excluding hydrogens is 270 g/mol. The van der Waals surface area contributed by atoms with Crippen LogP contribution in [0.2, 0.25) is 0 Å². The maximum Gasteiger partial charge on any atom is 0.297 e. The fraction of sp³-hybridized carbons (Fsp3) is 0.438. The van der Waals surface area contributed by atoms with Crippen LogP contribution in [0.3, 0.4) is 0 Å². The number of methoxy groups -OCH3 is 3. The van der Waals surface area contributed by atoms with Gasteiger partial charge in [-0.3, -0.25) is 4.79 Å². The summed E-state index contributed by atoms with van der Waals surface area (Å²) in [7, 11) is 4.63. The molecule has 0 spiro atoms. The average molecular weight is 291 g/mol. The van der Waals surface area contributed by atoms with Gasteiger partial charge in [-0.15, -0.1) is 0 Å². The second-order valence-electron chi connectivity index (χ2n) is 4.76. The average Bonchev–Trinajstić information content (AvgIpc) is 2.52. The minimum atomic E-state index is -0.177. The third-order valence-electron chi connectivity index (χ3n) is 3.53. The molecule has 0 N–H and O–H groups in total. The zero-order valence-corrected chi connectivity index (χ0v) is 12.9. The van der Waals surface area contributed by atoms with E-state index in [1.54, 1.807) is 11.7 Å². The number of hydrogen-bond donors (Lipinski definition) is 0. The van der Waals surface area contributed by atoms with Crippen molar-refractivity contribution in [3.63, 3.8) is 0 Å². The monoisotopic (exact) mass is 291 g/mol. The lowest BCUT2D eigenvalue weighted by atomic mass is 10.1. The fourth-order valence-corrected chi connectivity index (χ4v) is 2.43.